The maximum Gasteiger partial charge on any atom is 0.121 e. The average Bonchev–Trinajstić information content (AvgIpc) is 2.36. The molecule has 0 bridgehead atoms. The molecule has 1 atom stereocenters. The van der Waals surface area contributed by atoms with Crippen LogP contribution in [0.2, 0.25) is 0 Å². The average molecular weight is 320 g/mol. The second kappa shape index (κ2) is 5.66. The van der Waals surface area contributed by atoms with Crippen molar-refractivity contribution in [2.45, 2.75) is 26.9 Å². The maximum atomic E-state index is 6.00. The summed E-state index contributed by atoms with van der Waals surface area (Å²) in [6.45, 7) is 6.17. The molecule has 0 aliphatic rings. The molecule has 100 valence electrons. The summed E-state index contributed by atoms with van der Waals surface area (Å²) in [5, 5.41) is 0. The van der Waals surface area contributed by atoms with E-state index >= 15 is 0 Å². The fraction of sp³-hybridized carbons (Fsp3) is 0.250. The van der Waals surface area contributed by atoms with Crippen molar-refractivity contribution < 1.29 is 4.74 Å². The number of anilines is 1. The minimum Gasteiger partial charge on any atom is -0.486 e. The van der Waals surface area contributed by atoms with E-state index in [-0.39, 0.29) is 6.10 Å². The van der Waals surface area contributed by atoms with Crippen LogP contribution in [0.5, 0.6) is 5.75 Å². The first-order valence-corrected chi connectivity index (χ1v) is 7.05. The molecular formula is C16H18BrNO. The molecule has 1 unspecified atom stereocenters. The van der Waals surface area contributed by atoms with Crippen LogP contribution in [-0.4, -0.2) is 0 Å². The molecule has 0 heterocycles. The standard InChI is InChI=1S/C16H18BrNO/c1-10-8-15(9-11(2)16(10)17)19-12(3)13-4-6-14(18)7-5-13/h4-9,12H,18H2,1-3H3. The lowest BCUT2D eigenvalue weighted by Gasteiger charge is -2.17. The summed E-state index contributed by atoms with van der Waals surface area (Å²) >= 11 is 3.56. The van der Waals surface area contributed by atoms with Crippen molar-refractivity contribution in [3.63, 3.8) is 0 Å². The number of ether oxygens (including phenoxy) is 1. The van der Waals surface area contributed by atoms with E-state index < -0.39 is 0 Å². The zero-order valence-electron chi connectivity index (χ0n) is 11.4. The molecule has 0 aliphatic heterocycles. The molecule has 3 heteroatoms. The number of benzene rings is 2. The van der Waals surface area contributed by atoms with E-state index in [1.165, 1.54) is 11.1 Å². The van der Waals surface area contributed by atoms with Crippen LogP contribution >= 0.6 is 15.9 Å². The van der Waals surface area contributed by atoms with E-state index in [4.69, 9.17) is 10.5 Å². The zero-order valence-corrected chi connectivity index (χ0v) is 13.0. The summed E-state index contributed by atoms with van der Waals surface area (Å²) < 4.78 is 7.13. The Labute approximate surface area is 122 Å². The Balaban J connectivity index is 2.19. The lowest BCUT2D eigenvalue weighted by atomic mass is 10.1. The molecule has 0 saturated heterocycles. The monoisotopic (exact) mass is 319 g/mol. The summed E-state index contributed by atoms with van der Waals surface area (Å²) in [5.41, 5.74) is 9.94. The Kier molecular flexibility index (Phi) is 4.15. The van der Waals surface area contributed by atoms with Gasteiger partial charge in [0, 0.05) is 10.2 Å². The van der Waals surface area contributed by atoms with Crippen molar-refractivity contribution in [2.24, 2.45) is 0 Å². The van der Waals surface area contributed by atoms with Gasteiger partial charge in [-0.2, -0.15) is 0 Å². The van der Waals surface area contributed by atoms with Crippen LogP contribution in [0.25, 0.3) is 0 Å². The maximum absolute atomic E-state index is 6.00. The Morgan fingerprint density at radius 1 is 1.05 bits per heavy atom. The topological polar surface area (TPSA) is 35.2 Å². The fourth-order valence-corrected chi connectivity index (χ4v) is 2.24. The molecule has 2 nitrogen and oxygen atoms in total. The molecule has 0 radical (unpaired) electrons. The molecule has 0 saturated carbocycles. The number of halogens is 1. The molecule has 0 aromatic heterocycles. The lowest BCUT2D eigenvalue weighted by Crippen LogP contribution is -2.03. The van der Waals surface area contributed by atoms with Gasteiger partial charge in [0.05, 0.1) is 0 Å². The van der Waals surface area contributed by atoms with Crippen molar-refractivity contribution >= 4 is 21.6 Å². The largest absolute Gasteiger partial charge is 0.486 e. The molecule has 0 aliphatic carbocycles. The van der Waals surface area contributed by atoms with Gasteiger partial charge in [-0.25, -0.2) is 0 Å². The van der Waals surface area contributed by atoms with Crippen LogP contribution in [0, 0.1) is 13.8 Å². The Hall–Kier alpha value is -1.48. The van der Waals surface area contributed by atoms with E-state index in [1.54, 1.807) is 0 Å². The van der Waals surface area contributed by atoms with E-state index in [0.29, 0.717) is 0 Å². The van der Waals surface area contributed by atoms with Gasteiger partial charge in [0.2, 0.25) is 0 Å². The molecule has 2 aromatic rings. The smallest absolute Gasteiger partial charge is 0.121 e. The van der Waals surface area contributed by atoms with E-state index in [9.17, 15) is 0 Å². The number of rotatable bonds is 3. The zero-order chi connectivity index (χ0) is 14.0. The van der Waals surface area contributed by atoms with Crippen molar-refractivity contribution in [2.75, 3.05) is 5.73 Å². The van der Waals surface area contributed by atoms with Crippen LogP contribution in [0.15, 0.2) is 40.9 Å². The number of hydrogen-bond acceptors (Lipinski definition) is 2. The van der Waals surface area contributed by atoms with Gasteiger partial charge >= 0.3 is 0 Å². The molecular weight excluding hydrogens is 302 g/mol. The SMILES string of the molecule is Cc1cc(OC(C)c2ccc(N)cc2)cc(C)c1Br. The van der Waals surface area contributed by atoms with Crippen molar-refractivity contribution in [1.82, 2.24) is 0 Å². The third-order valence-electron chi connectivity index (χ3n) is 3.13. The van der Waals surface area contributed by atoms with Gasteiger partial charge in [-0.3, -0.25) is 0 Å². The summed E-state index contributed by atoms with van der Waals surface area (Å²) in [5.74, 6) is 0.891. The third kappa shape index (κ3) is 3.29. The van der Waals surface area contributed by atoms with Crippen LogP contribution < -0.4 is 10.5 Å². The van der Waals surface area contributed by atoms with Gasteiger partial charge < -0.3 is 10.5 Å². The van der Waals surface area contributed by atoms with Crippen LogP contribution in [0.4, 0.5) is 5.69 Å². The number of nitrogen functional groups attached to an aromatic ring is 1. The summed E-state index contributed by atoms with van der Waals surface area (Å²) in [4.78, 5) is 0. The Bertz CT molecular complexity index is 555. The fourth-order valence-electron chi connectivity index (χ4n) is 2.01. The minimum absolute atomic E-state index is 0.000533. The van der Waals surface area contributed by atoms with Gasteiger partial charge in [-0.05, 0) is 61.7 Å². The normalized spacial score (nSPS) is 12.2. The predicted molar refractivity (Wildman–Crippen MR) is 83.5 cm³/mol. The Morgan fingerprint density at radius 3 is 2.11 bits per heavy atom. The molecule has 2 aromatic carbocycles. The van der Waals surface area contributed by atoms with Crippen molar-refractivity contribution in [1.29, 1.82) is 0 Å². The third-order valence-corrected chi connectivity index (χ3v) is 4.38. The predicted octanol–water partition coefficient (Wildman–Crippen LogP) is 4.79. The van der Waals surface area contributed by atoms with Crippen LogP contribution in [-0.2, 0) is 0 Å². The van der Waals surface area contributed by atoms with Gasteiger partial charge in [0.25, 0.3) is 0 Å². The highest BCUT2D eigenvalue weighted by atomic mass is 79.9. The first kappa shape index (κ1) is 13.9. The lowest BCUT2D eigenvalue weighted by molar-refractivity contribution is 0.226. The summed E-state index contributed by atoms with van der Waals surface area (Å²) in [6, 6.07) is 11.9. The number of nitrogens with two attached hydrogens (primary N) is 1. The first-order valence-electron chi connectivity index (χ1n) is 6.26. The van der Waals surface area contributed by atoms with E-state index in [2.05, 4.69) is 29.8 Å². The number of aryl methyl sites for hydroxylation is 2. The van der Waals surface area contributed by atoms with Gasteiger partial charge in [-0.15, -0.1) is 0 Å². The quantitative estimate of drug-likeness (QED) is 0.825. The van der Waals surface area contributed by atoms with Crippen LogP contribution in [0.3, 0.4) is 0 Å². The van der Waals surface area contributed by atoms with Gasteiger partial charge in [-0.1, -0.05) is 28.1 Å². The molecule has 0 fully saturated rings. The molecule has 19 heavy (non-hydrogen) atoms. The summed E-state index contributed by atoms with van der Waals surface area (Å²) in [7, 11) is 0. The second-order valence-corrected chi connectivity index (χ2v) is 5.59. The second-order valence-electron chi connectivity index (χ2n) is 4.80. The Morgan fingerprint density at radius 2 is 1.58 bits per heavy atom. The highest BCUT2D eigenvalue weighted by Gasteiger charge is 2.09. The molecule has 2 rings (SSSR count). The highest BCUT2D eigenvalue weighted by Crippen LogP contribution is 2.29. The molecule has 0 spiro atoms. The van der Waals surface area contributed by atoms with Gasteiger partial charge in [0.1, 0.15) is 11.9 Å². The highest BCUT2D eigenvalue weighted by molar-refractivity contribution is 9.10. The van der Waals surface area contributed by atoms with Crippen molar-refractivity contribution in [3.05, 3.63) is 57.6 Å². The molecule has 0 amide bonds. The van der Waals surface area contributed by atoms with Crippen molar-refractivity contribution in [3.8, 4) is 5.75 Å². The first-order chi connectivity index (χ1) is 8.97. The summed E-state index contributed by atoms with van der Waals surface area (Å²) in [6.07, 6.45) is 0.000533. The molecule has 2 N–H and O–H groups in total. The van der Waals surface area contributed by atoms with E-state index in [1.807, 2.05) is 43.3 Å². The van der Waals surface area contributed by atoms with E-state index in [0.717, 1.165) is 21.5 Å². The number of hydrogen-bond donors (Lipinski definition) is 1. The minimum atomic E-state index is 0.000533. The van der Waals surface area contributed by atoms with Gasteiger partial charge in [0.15, 0.2) is 0 Å². The van der Waals surface area contributed by atoms with Crippen LogP contribution in [0.1, 0.15) is 29.7 Å².